The Labute approximate surface area is 129 Å². The van der Waals surface area contributed by atoms with Crippen molar-refractivity contribution in [3.8, 4) is 11.3 Å². The van der Waals surface area contributed by atoms with Crippen molar-refractivity contribution in [3.63, 3.8) is 0 Å². The summed E-state index contributed by atoms with van der Waals surface area (Å²) in [7, 11) is 0. The van der Waals surface area contributed by atoms with E-state index in [0.29, 0.717) is 12.2 Å². The minimum Gasteiger partial charge on any atom is -0.462 e. The lowest BCUT2D eigenvalue weighted by molar-refractivity contribution is 0.0529. The number of carbonyl (C=O) groups excluding carboxylic acids is 1. The second-order valence-electron chi connectivity index (χ2n) is 5.59. The molecule has 1 aliphatic rings. The zero-order valence-electron chi connectivity index (χ0n) is 12.7. The summed E-state index contributed by atoms with van der Waals surface area (Å²) in [6, 6.07) is 16.6. The number of rotatable bonds is 2. The van der Waals surface area contributed by atoms with Crippen molar-refractivity contribution in [2.75, 3.05) is 6.61 Å². The number of nitrogens with zero attached hydrogens (tertiary/aromatic N) is 1. The van der Waals surface area contributed by atoms with E-state index in [1.807, 2.05) is 37.3 Å². The normalized spacial score (nSPS) is 15.6. The van der Waals surface area contributed by atoms with E-state index >= 15 is 0 Å². The lowest BCUT2D eigenvalue weighted by Gasteiger charge is -2.10. The fourth-order valence-electron chi connectivity index (χ4n) is 3.56. The van der Waals surface area contributed by atoms with E-state index in [9.17, 15) is 4.79 Å². The first kappa shape index (κ1) is 13.1. The molecule has 4 rings (SSSR count). The summed E-state index contributed by atoms with van der Waals surface area (Å²) in [5.74, 6) is -0.239. The van der Waals surface area contributed by atoms with E-state index < -0.39 is 0 Å². The van der Waals surface area contributed by atoms with Gasteiger partial charge in [-0.15, -0.1) is 0 Å². The molecular weight excluding hydrogens is 274 g/mol. The monoisotopic (exact) mass is 291 g/mol. The highest BCUT2D eigenvalue weighted by molar-refractivity contribution is 6.11. The van der Waals surface area contributed by atoms with Crippen LogP contribution in [0, 0.1) is 0 Å². The van der Waals surface area contributed by atoms with E-state index in [1.165, 1.54) is 5.56 Å². The Balaban J connectivity index is 2.11. The molecule has 0 bridgehead atoms. The van der Waals surface area contributed by atoms with Gasteiger partial charge in [0.05, 0.1) is 23.9 Å². The average Bonchev–Trinajstić information content (AvgIpc) is 3.02. The number of hydrogen-bond acceptors (Lipinski definition) is 2. The number of carbonyl (C=O) groups is 1. The Bertz CT molecular complexity index is 892. The molecule has 110 valence electrons. The largest absolute Gasteiger partial charge is 0.462 e. The Morgan fingerprint density at radius 3 is 2.68 bits per heavy atom. The van der Waals surface area contributed by atoms with Gasteiger partial charge in [-0.2, -0.15) is 0 Å². The highest BCUT2D eigenvalue weighted by Gasteiger charge is 2.33. The van der Waals surface area contributed by atoms with Gasteiger partial charge in [-0.3, -0.25) is 0 Å². The van der Waals surface area contributed by atoms with Crippen molar-refractivity contribution in [1.29, 1.82) is 0 Å². The van der Waals surface area contributed by atoms with Crippen LogP contribution in [0.5, 0.6) is 0 Å². The SMILES string of the molecule is CCOC(=O)c1c2n(c3ccccc13)[C@H](C)c1ccccc1-2. The Hall–Kier alpha value is -2.55. The van der Waals surface area contributed by atoms with Gasteiger partial charge in [0, 0.05) is 16.5 Å². The number of esters is 1. The first-order chi connectivity index (χ1) is 10.7. The van der Waals surface area contributed by atoms with Crippen LogP contribution in [0.15, 0.2) is 48.5 Å². The van der Waals surface area contributed by atoms with Crippen LogP contribution >= 0.6 is 0 Å². The van der Waals surface area contributed by atoms with Crippen LogP contribution in [0.2, 0.25) is 0 Å². The minimum absolute atomic E-state index is 0.222. The lowest BCUT2D eigenvalue weighted by Crippen LogP contribution is -2.05. The standard InChI is InChI=1S/C19H17NO2/c1-3-22-19(21)17-15-10-6-7-11-16(15)20-12(2)13-8-4-5-9-14(13)18(17)20/h4-12H,3H2,1-2H3/t12-/m1/s1. The van der Waals surface area contributed by atoms with Gasteiger partial charge in [-0.1, -0.05) is 42.5 Å². The van der Waals surface area contributed by atoms with E-state index in [-0.39, 0.29) is 12.0 Å². The summed E-state index contributed by atoms with van der Waals surface area (Å²) in [6.45, 7) is 4.40. The molecule has 1 aliphatic heterocycles. The number of hydrogen-bond donors (Lipinski definition) is 0. The molecule has 22 heavy (non-hydrogen) atoms. The van der Waals surface area contributed by atoms with E-state index in [1.54, 1.807) is 0 Å². The molecule has 0 aliphatic carbocycles. The van der Waals surface area contributed by atoms with Crippen molar-refractivity contribution < 1.29 is 9.53 Å². The summed E-state index contributed by atoms with van der Waals surface area (Å²) in [5, 5.41) is 0.970. The maximum Gasteiger partial charge on any atom is 0.340 e. The van der Waals surface area contributed by atoms with Crippen LogP contribution in [-0.4, -0.2) is 17.1 Å². The quantitative estimate of drug-likeness (QED) is 0.655. The fourth-order valence-corrected chi connectivity index (χ4v) is 3.56. The van der Waals surface area contributed by atoms with Crippen LogP contribution in [0.25, 0.3) is 22.2 Å². The molecule has 1 aromatic heterocycles. The molecular formula is C19H17NO2. The van der Waals surface area contributed by atoms with Crippen molar-refractivity contribution >= 4 is 16.9 Å². The number of ether oxygens (including phenoxy) is 1. The van der Waals surface area contributed by atoms with E-state index in [2.05, 4.69) is 29.7 Å². The topological polar surface area (TPSA) is 31.2 Å². The summed E-state index contributed by atoms with van der Waals surface area (Å²) in [4.78, 5) is 12.6. The summed E-state index contributed by atoms with van der Waals surface area (Å²) >= 11 is 0. The van der Waals surface area contributed by atoms with Crippen LogP contribution in [0.4, 0.5) is 0 Å². The van der Waals surface area contributed by atoms with Gasteiger partial charge < -0.3 is 9.30 Å². The van der Waals surface area contributed by atoms with Crippen LogP contribution in [0.3, 0.4) is 0 Å². The highest BCUT2D eigenvalue weighted by atomic mass is 16.5. The van der Waals surface area contributed by atoms with Gasteiger partial charge in [-0.05, 0) is 25.5 Å². The van der Waals surface area contributed by atoms with Gasteiger partial charge >= 0.3 is 5.97 Å². The zero-order valence-corrected chi connectivity index (χ0v) is 12.7. The predicted octanol–water partition coefficient (Wildman–Crippen LogP) is 4.41. The third-order valence-corrected chi connectivity index (χ3v) is 4.44. The first-order valence-electron chi connectivity index (χ1n) is 7.63. The maximum atomic E-state index is 12.6. The van der Waals surface area contributed by atoms with Crippen LogP contribution < -0.4 is 0 Å². The fraction of sp³-hybridized carbons (Fsp3) is 0.211. The molecule has 3 heteroatoms. The maximum absolute atomic E-state index is 12.6. The minimum atomic E-state index is -0.239. The second-order valence-corrected chi connectivity index (χ2v) is 5.59. The predicted molar refractivity (Wildman–Crippen MR) is 87.1 cm³/mol. The van der Waals surface area contributed by atoms with Gasteiger partial charge in [0.25, 0.3) is 0 Å². The molecule has 1 atom stereocenters. The lowest BCUT2D eigenvalue weighted by atomic mass is 10.00. The third kappa shape index (κ3) is 1.59. The van der Waals surface area contributed by atoms with E-state index in [0.717, 1.165) is 22.2 Å². The molecule has 0 amide bonds. The number of aromatic nitrogens is 1. The zero-order chi connectivity index (χ0) is 15.3. The molecule has 2 heterocycles. The highest BCUT2D eigenvalue weighted by Crippen LogP contribution is 2.46. The molecule has 3 aromatic rings. The molecule has 0 spiro atoms. The van der Waals surface area contributed by atoms with Crippen molar-refractivity contribution in [3.05, 3.63) is 59.7 Å². The van der Waals surface area contributed by atoms with E-state index in [4.69, 9.17) is 4.74 Å². The molecule has 0 saturated heterocycles. The Morgan fingerprint density at radius 2 is 1.86 bits per heavy atom. The molecule has 0 radical (unpaired) electrons. The molecule has 0 fully saturated rings. The van der Waals surface area contributed by atoms with Gasteiger partial charge in [0.1, 0.15) is 0 Å². The molecule has 0 saturated carbocycles. The summed E-state index contributed by atoms with van der Waals surface area (Å²) in [5.41, 5.74) is 5.16. The van der Waals surface area contributed by atoms with Gasteiger partial charge in [0.2, 0.25) is 0 Å². The number of benzene rings is 2. The molecule has 0 N–H and O–H groups in total. The van der Waals surface area contributed by atoms with Crippen LogP contribution in [-0.2, 0) is 4.74 Å². The number of fused-ring (bicyclic) bond motifs is 5. The van der Waals surface area contributed by atoms with Gasteiger partial charge in [-0.25, -0.2) is 4.79 Å². The molecule has 0 unspecified atom stereocenters. The third-order valence-electron chi connectivity index (χ3n) is 4.44. The van der Waals surface area contributed by atoms with Crippen LogP contribution in [0.1, 0.15) is 35.8 Å². The summed E-state index contributed by atoms with van der Waals surface area (Å²) in [6.07, 6.45) is 0. The van der Waals surface area contributed by atoms with Gasteiger partial charge in [0.15, 0.2) is 0 Å². The smallest absolute Gasteiger partial charge is 0.340 e. The average molecular weight is 291 g/mol. The molecule has 2 aromatic carbocycles. The Kier molecular flexibility index (Phi) is 2.83. The van der Waals surface area contributed by atoms with Crippen molar-refractivity contribution in [1.82, 2.24) is 4.57 Å². The second kappa shape index (κ2) is 4.73. The van der Waals surface area contributed by atoms with Crippen molar-refractivity contribution in [2.45, 2.75) is 19.9 Å². The van der Waals surface area contributed by atoms with Crippen molar-refractivity contribution in [2.24, 2.45) is 0 Å². The summed E-state index contributed by atoms with van der Waals surface area (Å²) < 4.78 is 7.57. The number of para-hydroxylation sites is 1. The first-order valence-corrected chi connectivity index (χ1v) is 7.63. The Morgan fingerprint density at radius 1 is 1.14 bits per heavy atom. The molecule has 3 nitrogen and oxygen atoms in total.